The number of hydrogen-bond acceptors (Lipinski definition) is 4. The van der Waals surface area contributed by atoms with Gasteiger partial charge in [-0.15, -0.1) is 12.4 Å². The van der Waals surface area contributed by atoms with Gasteiger partial charge in [-0.25, -0.2) is 8.42 Å². The van der Waals surface area contributed by atoms with Crippen LogP contribution in [-0.2, 0) is 14.6 Å². The molecule has 2 atom stereocenters. The van der Waals surface area contributed by atoms with Gasteiger partial charge in [-0.2, -0.15) is 0 Å². The Morgan fingerprint density at radius 1 is 1.38 bits per heavy atom. The first-order valence-corrected chi connectivity index (χ1v) is 7.30. The number of sulfone groups is 1. The van der Waals surface area contributed by atoms with Crippen molar-refractivity contribution in [2.24, 2.45) is 5.92 Å². The highest BCUT2D eigenvalue weighted by Crippen LogP contribution is 2.27. The summed E-state index contributed by atoms with van der Waals surface area (Å²) in [6.45, 7) is 4.81. The molecule has 0 aromatic heterocycles. The minimum Gasteiger partial charge on any atom is -0.361 e. The van der Waals surface area contributed by atoms with Gasteiger partial charge in [-0.05, 0) is 26.7 Å². The van der Waals surface area contributed by atoms with Crippen LogP contribution in [0.3, 0.4) is 0 Å². The fraction of sp³-hybridized carbons (Fsp3) is 1.00. The second-order valence-corrected chi connectivity index (χ2v) is 7.51. The number of nitrogens with one attached hydrogen (secondary N) is 1. The molecule has 96 valence electrons. The molecule has 2 unspecified atom stereocenters. The molecule has 6 heteroatoms. The zero-order valence-electron chi connectivity index (χ0n) is 9.73. The average Bonchev–Trinajstić information content (AvgIpc) is 2.44. The van der Waals surface area contributed by atoms with E-state index < -0.39 is 9.84 Å². The Morgan fingerprint density at radius 3 is 2.56 bits per heavy atom. The van der Waals surface area contributed by atoms with E-state index in [-0.39, 0.29) is 35.8 Å². The van der Waals surface area contributed by atoms with Crippen LogP contribution in [0.4, 0.5) is 0 Å². The first-order valence-electron chi connectivity index (χ1n) is 5.48. The first-order chi connectivity index (χ1) is 6.88. The molecule has 2 heterocycles. The third kappa shape index (κ3) is 3.32. The summed E-state index contributed by atoms with van der Waals surface area (Å²) < 4.78 is 28.6. The van der Waals surface area contributed by atoms with Crippen LogP contribution in [0.25, 0.3) is 0 Å². The minimum absolute atomic E-state index is 0. The van der Waals surface area contributed by atoms with Crippen molar-refractivity contribution in [2.45, 2.75) is 38.5 Å². The zero-order chi connectivity index (χ0) is 11.1. The summed E-state index contributed by atoms with van der Waals surface area (Å²) in [4.78, 5) is 0. The van der Waals surface area contributed by atoms with Crippen molar-refractivity contribution in [1.29, 1.82) is 0 Å². The van der Waals surface area contributed by atoms with E-state index in [2.05, 4.69) is 19.2 Å². The van der Waals surface area contributed by atoms with Crippen molar-refractivity contribution in [3.8, 4) is 0 Å². The van der Waals surface area contributed by atoms with Crippen LogP contribution in [0.1, 0.15) is 26.7 Å². The van der Waals surface area contributed by atoms with E-state index in [0.29, 0.717) is 12.4 Å². The Kier molecular flexibility index (Phi) is 4.27. The molecule has 2 fully saturated rings. The van der Waals surface area contributed by atoms with Crippen LogP contribution in [0.5, 0.6) is 0 Å². The quantitative estimate of drug-likeness (QED) is 0.770. The molecule has 2 saturated heterocycles. The minimum atomic E-state index is -2.83. The Labute approximate surface area is 103 Å². The van der Waals surface area contributed by atoms with E-state index in [1.54, 1.807) is 0 Å². The van der Waals surface area contributed by atoms with Crippen LogP contribution < -0.4 is 5.32 Å². The lowest BCUT2D eigenvalue weighted by Crippen LogP contribution is -2.45. The summed E-state index contributed by atoms with van der Waals surface area (Å²) in [5.74, 6) is 0.755. The summed E-state index contributed by atoms with van der Waals surface area (Å²) in [7, 11) is -2.83. The van der Waals surface area contributed by atoms with Crippen LogP contribution >= 0.6 is 12.4 Å². The summed E-state index contributed by atoms with van der Waals surface area (Å²) in [6, 6.07) is 0. The number of rotatable bonds is 1. The maximum Gasteiger partial charge on any atom is 0.150 e. The van der Waals surface area contributed by atoms with Crippen LogP contribution in [0, 0.1) is 5.92 Å². The molecule has 0 aromatic carbocycles. The smallest absolute Gasteiger partial charge is 0.150 e. The van der Waals surface area contributed by atoms with E-state index in [0.717, 1.165) is 12.8 Å². The Bertz CT molecular complexity index is 342. The third-order valence-corrected chi connectivity index (χ3v) is 4.93. The Morgan fingerprint density at radius 2 is 2.06 bits per heavy atom. The van der Waals surface area contributed by atoms with Gasteiger partial charge in [0.25, 0.3) is 0 Å². The van der Waals surface area contributed by atoms with Gasteiger partial charge >= 0.3 is 0 Å². The lowest BCUT2D eigenvalue weighted by molar-refractivity contribution is 0.0539. The lowest BCUT2D eigenvalue weighted by Gasteiger charge is -2.27. The molecule has 0 radical (unpaired) electrons. The maximum atomic E-state index is 11.5. The van der Waals surface area contributed by atoms with Gasteiger partial charge in [0.2, 0.25) is 0 Å². The number of hydrogen-bond donors (Lipinski definition) is 1. The normalized spacial score (nSPS) is 36.6. The molecule has 0 amide bonds. The van der Waals surface area contributed by atoms with E-state index >= 15 is 0 Å². The first kappa shape index (κ1) is 14.2. The van der Waals surface area contributed by atoms with E-state index in [1.807, 2.05) is 0 Å². The molecule has 1 N–H and O–H groups in total. The summed E-state index contributed by atoms with van der Waals surface area (Å²) in [5.41, 5.74) is -0.0219. The Balaban J connectivity index is 0.00000128. The van der Waals surface area contributed by atoms with Gasteiger partial charge in [0.1, 0.15) is 6.23 Å². The molecule has 4 nitrogen and oxygen atoms in total. The van der Waals surface area contributed by atoms with Crippen molar-refractivity contribution in [3.63, 3.8) is 0 Å². The summed E-state index contributed by atoms with van der Waals surface area (Å²) >= 11 is 0. The van der Waals surface area contributed by atoms with E-state index in [9.17, 15) is 8.42 Å². The van der Waals surface area contributed by atoms with Gasteiger partial charge in [0.05, 0.1) is 18.1 Å². The molecule has 0 saturated carbocycles. The fourth-order valence-corrected chi connectivity index (χ4v) is 4.08. The van der Waals surface area contributed by atoms with Crippen LogP contribution in [-0.4, -0.2) is 38.3 Å². The highest BCUT2D eigenvalue weighted by atomic mass is 35.5. The molecule has 0 aromatic rings. The second kappa shape index (κ2) is 4.80. The molecule has 0 spiro atoms. The van der Waals surface area contributed by atoms with E-state index in [1.165, 1.54) is 0 Å². The number of halogens is 1. The van der Waals surface area contributed by atoms with Gasteiger partial charge in [-0.1, -0.05) is 0 Å². The lowest BCUT2D eigenvalue weighted by atomic mass is 10.0. The average molecular weight is 270 g/mol. The van der Waals surface area contributed by atoms with Gasteiger partial charge < -0.3 is 4.74 Å². The van der Waals surface area contributed by atoms with Crippen molar-refractivity contribution < 1.29 is 13.2 Å². The topological polar surface area (TPSA) is 55.4 Å². The molecular formula is C10H20ClNO3S. The van der Waals surface area contributed by atoms with Crippen molar-refractivity contribution in [3.05, 3.63) is 0 Å². The van der Waals surface area contributed by atoms with Crippen LogP contribution in [0.2, 0.25) is 0 Å². The summed E-state index contributed by atoms with van der Waals surface area (Å²) in [6.07, 6.45) is 1.65. The van der Waals surface area contributed by atoms with Gasteiger partial charge in [0, 0.05) is 11.5 Å². The molecule has 2 rings (SSSR count). The molecule has 0 bridgehead atoms. The van der Waals surface area contributed by atoms with E-state index in [4.69, 9.17) is 4.74 Å². The Hall–Kier alpha value is 0.160. The molecule has 2 aliphatic heterocycles. The third-order valence-electron chi connectivity index (χ3n) is 3.08. The predicted molar refractivity (Wildman–Crippen MR) is 65.6 cm³/mol. The monoisotopic (exact) mass is 269 g/mol. The molecule has 2 aliphatic rings. The molecule has 16 heavy (non-hydrogen) atoms. The van der Waals surface area contributed by atoms with Crippen molar-refractivity contribution >= 4 is 22.2 Å². The largest absolute Gasteiger partial charge is 0.361 e. The van der Waals surface area contributed by atoms with Gasteiger partial charge in [0.15, 0.2) is 9.84 Å². The second-order valence-electron chi connectivity index (χ2n) is 5.28. The highest BCUT2D eigenvalue weighted by Gasteiger charge is 2.38. The molecule has 0 aliphatic carbocycles. The summed E-state index contributed by atoms with van der Waals surface area (Å²) in [5, 5.41) is 3.35. The fourth-order valence-electron chi connectivity index (χ4n) is 2.32. The standard InChI is InChI=1S/C10H19NO3S.ClH/c1-10(2)7-14-9(11-10)8-4-3-5-15(12,13)6-8;/h8-9,11H,3-7H2,1-2H3;1H. The highest BCUT2D eigenvalue weighted by molar-refractivity contribution is 7.91. The predicted octanol–water partition coefficient (Wildman–Crippen LogP) is 0.958. The van der Waals surface area contributed by atoms with Crippen molar-refractivity contribution in [2.75, 3.05) is 18.1 Å². The molecular weight excluding hydrogens is 250 g/mol. The van der Waals surface area contributed by atoms with Crippen molar-refractivity contribution in [1.82, 2.24) is 5.32 Å². The van der Waals surface area contributed by atoms with Crippen LogP contribution in [0.15, 0.2) is 0 Å². The van der Waals surface area contributed by atoms with Gasteiger partial charge in [-0.3, -0.25) is 5.32 Å². The SMILES string of the molecule is CC1(C)COC(C2CCCS(=O)(=O)C2)N1.Cl. The number of ether oxygens (including phenoxy) is 1. The zero-order valence-corrected chi connectivity index (χ0v) is 11.4. The maximum absolute atomic E-state index is 11.5.